The number of aromatic nitrogens is 1. The molecule has 3 rings (SSSR count). The number of benzene rings is 2. The molecule has 0 saturated carbocycles. The van der Waals surface area contributed by atoms with Crippen LogP contribution >= 0.6 is 11.3 Å². The van der Waals surface area contributed by atoms with Gasteiger partial charge in [0.05, 0.1) is 0 Å². The molecule has 0 bridgehead atoms. The van der Waals surface area contributed by atoms with Gasteiger partial charge in [0.1, 0.15) is 4.70 Å². The van der Waals surface area contributed by atoms with Crippen molar-refractivity contribution >= 4 is 39.7 Å². The first-order valence-corrected chi connectivity index (χ1v) is 7.42. The van der Waals surface area contributed by atoms with E-state index in [4.69, 9.17) is 5.11 Å². The average Bonchev–Trinajstić information content (AvgIpc) is 2.84. The third-order valence-corrected chi connectivity index (χ3v) is 4.28. The van der Waals surface area contributed by atoms with Crippen molar-refractivity contribution in [3.05, 3.63) is 65.2 Å². The van der Waals surface area contributed by atoms with E-state index in [1.54, 1.807) is 11.3 Å². The summed E-state index contributed by atoms with van der Waals surface area (Å²) in [5, 5.41) is 10.0. The van der Waals surface area contributed by atoms with E-state index in [-0.39, 0.29) is 6.54 Å². The van der Waals surface area contributed by atoms with Gasteiger partial charge in [0.15, 0.2) is 0 Å². The first-order chi connectivity index (χ1) is 10.2. The molecule has 3 nitrogen and oxygen atoms in total. The molecular weight excluding hydrogens is 282 g/mol. The molecule has 2 aromatic carbocycles. The molecule has 1 heterocycles. The fourth-order valence-electron chi connectivity index (χ4n) is 2.21. The predicted octanol–water partition coefficient (Wildman–Crippen LogP) is 3.44. The van der Waals surface area contributed by atoms with Crippen LogP contribution in [0.4, 0.5) is 0 Å². The number of rotatable bonds is 4. The van der Waals surface area contributed by atoms with Crippen molar-refractivity contribution in [1.82, 2.24) is 0 Å². The van der Waals surface area contributed by atoms with Crippen LogP contribution in [0.1, 0.15) is 10.6 Å². The number of carboxylic acids is 1. The fourth-order valence-corrected chi connectivity index (χ4v) is 3.27. The number of carbonyl (C=O) groups is 1. The summed E-state index contributed by atoms with van der Waals surface area (Å²) in [6.45, 7) is -0.0293. The summed E-state index contributed by atoms with van der Waals surface area (Å²) in [6, 6.07) is 17.8. The van der Waals surface area contributed by atoms with Crippen LogP contribution in [0.2, 0.25) is 0 Å². The lowest BCUT2D eigenvalue weighted by molar-refractivity contribution is -0.657. The summed E-state index contributed by atoms with van der Waals surface area (Å²) in [4.78, 5) is 11.1. The van der Waals surface area contributed by atoms with Gasteiger partial charge in [-0.1, -0.05) is 53.8 Å². The van der Waals surface area contributed by atoms with E-state index in [0.717, 1.165) is 20.8 Å². The molecule has 1 N–H and O–H groups in total. The summed E-state index contributed by atoms with van der Waals surface area (Å²) in [5.74, 6) is -0.835. The molecule has 0 aliphatic rings. The quantitative estimate of drug-likeness (QED) is 0.749. The molecule has 21 heavy (non-hydrogen) atoms. The Bertz CT molecular complexity index is 806. The van der Waals surface area contributed by atoms with Crippen LogP contribution in [0.3, 0.4) is 0 Å². The molecule has 0 aliphatic carbocycles. The Morgan fingerprint density at radius 2 is 1.76 bits per heavy atom. The zero-order chi connectivity index (χ0) is 14.7. The second-order valence-electron chi connectivity index (χ2n) is 4.63. The lowest BCUT2D eigenvalue weighted by atomic mass is 10.2. The molecule has 0 fully saturated rings. The molecule has 0 radical (unpaired) electrons. The fraction of sp³-hybridized carbons (Fsp3) is 0.0588. The highest BCUT2D eigenvalue weighted by atomic mass is 32.1. The second kappa shape index (κ2) is 5.89. The zero-order valence-electron chi connectivity index (χ0n) is 11.3. The van der Waals surface area contributed by atoms with Crippen molar-refractivity contribution in [3.8, 4) is 0 Å². The van der Waals surface area contributed by atoms with Crippen molar-refractivity contribution in [2.45, 2.75) is 6.54 Å². The molecule has 4 heteroatoms. The largest absolute Gasteiger partial charge is 0.477 e. The molecule has 0 unspecified atom stereocenters. The topological polar surface area (TPSA) is 41.2 Å². The minimum Gasteiger partial charge on any atom is -0.477 e. The maximum Gasteiger partial charge on any atom is 0.370 e. The Morgan fingerprint density at radius 3 is 2.52 bits per heavy atom. The van der Waals surface area contributed by atoms with Crippen molar-refractivity contribution in [3.63, 3.8) is 0 Å². The average molecular weight is 296 g/mol. The maximum absolute atomic E-state index is 11.1. The number of para-hydroxylation sites is 1. The molecule has 0 amide bonds. The number of aliphatic carboxylic acids is 1. The van der Waals surface area contributed by atoms with Crippen LogP contribution < -0.4 is 4.57 Å². The monoisotopic (exact) mass is 296 g/mol. The van der Waals surface area contributed by atoms with Gasteiger partial charge >= 0.3 is 5.97 Å². The molecule has 0 saturated heterocycles. The molecule has 1 aromatic heterocycles. The lowest BCUT2D eigenvalue weighted by Gasteiger charge is -1.93. The zero-order valence-corrected chi connectivity index (χ0v) is 12.1. The third kappa shape index (κ3) is 3.01. The summed E-state index contributed by atoms with van der Waals surface area (Å²) < 4.78 is 2.92. The van der Waals surface area contributed by atoms with E-state index < -0.39 is 5.97 Å². The van der Waals surface area contributed by atoms with Gasteiger partial charge in [0, 0.05) is 12.1 Å². The van der Waals surface area contributed by atoms with Crippen molar-refractivity contribution < 1.29 is 14.5 Å². The van der Waals surface area contributed by atoms with Gasteiger partial charge in [-0.25, -0.2) is 4.79 Å². The van der Waals surface area contributed by atoms with Crippen LogP contribution in [0.25, 0.3) is 22.4 Å². The molecule has 3 aromatic rings. The first-order valence-electron chi connectivity index (χ1n) is 6.60. The van der Waals surface area contributed by atoms with Crippen molar-refractivity contribution in [2.24, 2.45) is 0 Å². The number of thiazole rings is 1. The van der Waals surface area contributed by atoms with Gasteiger partial charge in [0.25, 0.3) is 5.01 Å². The van der Waals surface area contributed by atoms with E-state index in [2.05, 4.69) is 0 Å². The minimum absolute atomic E-state index is 0.0293. The highest BCUT2D eigenvalue weighted by Crippen LogP contribution is 2.21. The predicted molar refractivity (Wildman–Crippen MR) is 85.0 cm³/mol. The summed E-state index contributed by atoms with van der Waals surface area (Å²) in [6.07, 6.45) is 3.98. The van der Waals surface area contributed by atoms with Crippen molar-refractivity contribution in [1.29, 1.82) is 0 Å². The number of hydrogen-bond donors (Lipinski definition) is 1. The van der Waals surface area contributed by atoms with Crippen LogP contribution in [0.15, 0.2) is 54.6 Å². The Balaban J connectivity index is 2.04. The normalized spacial score (nSPS) is 11.2. The Hall–Kier alpha value is -2.46. The van der Waals surface area contributed by atoms with Gasteiger partial charge in [-0.3, -0.25) is 0 Å². The lowest BCUT2D eigenvalue weighted by Crippen LogP contribution is -2.39. The van der Waals surface area contributed by atoms with Crippen molar-refractivity contribution in [2.75, 3.05) is 0 Å². The standard InChI is InChI=1S/C17H13NO2S/c19-17(20)12-18-14-8-4-5-9-15(14)21-16(18)11-10-13-6-2-1-3-7-13/h1-11H,12H2/p+1/b11-10+. The van der Waals surface area contributed by atoms with Crippen LogP contribution in [0.5, 0.6) is 0 Å². The van der Waals surface area contributed by atoms with E-state index >= 15 is 0 Å². The Labute approximate surface area is 126 Å². The van der Waals surface area contributed by atoms with Crippen LogP contribution in [-0.4, -0.2) is 11.1 Å². The second-order valence-corrected chi connectivity index (χ2v) is 5.69. The highest BCUT2D eigenvalue weighted by Gasteiger charge is 2.20. The maximum atomic E-state index is 11.1. The smallest absolute Gasteiger partial charge is 0.370 e. The number of nitrogens with zero attached hydrogens (tertiary/aromatic N) is 1. The Kier molecular flexibility index (Phi) is 3.79. The summed E-state index contributed by atoms with van der Waals surface area (Å²) >= 11 is 1.60. The van der Waals surface area contributed by atoms with E-state index in [1.165, 1.54) is 0 Å². The van der Waals surface area contributed by atoms with Gasteiger partial charge < -0.3 is 5.11 Å². The molecule has 104 valence electrons. The van der Waals surface area contributed by atoms with Crippen LogP contribution in [-0.2, 0) is 11.3 Å². The van der Waals surface area contributed by atoms with Gasteiger partial charge in [-0.05, 0) is 17.7 Å². The van der Waals surface area contributed by atoms with E-state index in [0.29, 0.717) is 0 Å². The van der Waals surface area contributed by atoms with E-state index in [9.17, 15) is 4.79 Å². The molecule has 0 aliphatic heterocycles. The number of hydrogen-bond acceptors (Lipinski definition) is 2. The summed E-state index contributed by atoms with van der Waals surface area (Å²) in [7, 11) is 0. The molecular formula is C17H14NO2S+. The van der Waals surface area contributed by atoms with Gasteiger partial charge in [0.2, 0.25) is 12.1 Å². The number of carboxylic acid groups (broad SMARTS) is 1. The SMILES string of the molecule is O=C(O)C[n+]1c(/C=C/c2ccccc2)sc2ccccc21. The highest BCUT2D eigenvalue weighted by molar-refractivity contribution is 7.18. The van der Waals surface area contributed by atoms with Crippen LogP contribution in [0, 0.1) is 0 Å². The van der Waals surface area contributed by atoms with E-state index in [1.807, 2.05) is 71.3 Å². The molecule has 0 atom stereocenters. The Morgan fingerprint density at radius 1 is 1.05 bits per heavy atom. The first kappa shape index (κ1) is 13.5. The number of fused-ring (bicyclic) bond motifs is 1. The van der Waals surface area contributed by atoms with Gasteiger partial charge in [-0.15, -0.1) is 0 Å². The molecule has 0 spiro atoms. The van der Waals surface area contributed by atoms with Gasteiger partial charge in [-0.2, -0.15) is 4.57 Å². The minimum atomic E-state index is -0.835. The third-order valence-electron chi connectivity index (χ3n) is 3.15. The summed E-state index contributed by atoms with van der Waals surface area (Å²) in [5.41, 5.74) is 2.05.